The molecule has 0 radical (unpaired) electrons. The van der Waals surface area contributed by atoms with Gasteiger partial charge in [0.25, 0.3) is 0 Å². The monoisotopic (exact) mass is 263 g/mol. The number of hydrogen-bond donors (Lipinski definition) is 1. The Morgan fingerprint density at radius 2 is 1.94 bits per heavy atom. The molecule has 1 heterocycles. The van der Waals surface area contributed by atoms with Crippen molar-refractivity contribution in [3.63, 3.8) is 0 Å². The molecule has 0 saturated carbocycles. The molecule has 0 aliphatic rings. The Kier molecular flexibility index (Phi) is 4.42. The van der Waals surface area contributed by atoms with Gasteiger partial charge in [-0.3, -0.25) is 4.68 Å². The Balaban J connectivity index is 2.79. The lowest BCUT2D eigenvalue weighted by Crippen LogP contribution is -2.43. The van der Waals surface area contributed by atoms with Gasteiger partial charge in [-0.05, 0) is 18.0 Å². The zero-order valence-electron chi connectivity index (χ0n) is 11.2. The maximum absolute atomic E-state index is 12.4. The van der Waals surface area contributed by atoms with Gasteiger partial charge in [0.2, 0.25) is 0 Å². The van der Waals surface area contributed by atoms with E-state index in [1.54, 1.807) is 0 Å². The molecular weight excluding hydrogens is 243 g/mol. The Hall–Kier alpha value is -1.04. The van der Waals surface area contributed by atoms with Crippen LogP contribution in [0.5, 0.6) is 0 Å². The molecule has 1 N–H and O–H groups in total. The molecule has 6 heteroatoms. The Labute approximate surface area is 105 Å². The molecule has 1 rings (SSSR count). The van der Waals surface area contributed by atoms with Crippen molar-refractivity contribution < 1.29 is 13.2 Å². The smallest absolute Gasteiger partial charge is 0.312 e. The highest BCUT2D eigenvalue weighted by Crippen LogP contribution is 2.27. The summed E-state index contributed by atoms with van der Waals surface area (Å²) in [6.45, 7) is 9.32. The Morgan fingerprint density at radius 3 is 2.33 bits per heavy atom. The van der Waals surface area contributed by atoms with E-state index in [4.69, 9.17) is 0 Å². The first-order valence-corrected chi connectivity index (χ1v) is 5.98. The van der Waals surface area contributed by atoms with Crippen LogP contribution in [-0.2, 0) is 12.7 Å². The van der Waals surface area contributed by atoms with Crippen LogP contribution in [0.4, 0.5) is 13.2 Å². The number of likely N-dealkylation sites (N-methyl/N-ethyl adjacent to an activating group) is 1. The van der Waals surface area contributed by atoms with Crippen LogP contribution in [-0.4, -0.2) is 22.4 Å². The third kappa shape index (κ3) is 4.01. The van der Waals surface area contributed by atoms with E-state index in [-0.39, 0.29) is 11.5 Å². The molecule has 104 valence electrons. The van der Waals surface area contributed by atoms with Crippen molar-refractivity contribution in [3.8, 4) is 0 Å². The first-order valence-electron chi connectivity index (χ1n) is 5.98. The van der Waals surface area contributed by atoms with Gasteiger partial charge in [-0.15, -0.1) is 0 Å². The third-order valence-electron chi connectivity index (χ3n) is 2.80. The molecule has 0 aliphatic heterocycles. The van der Waals surface area contributed by atoms with E-state index in [1.807, 2.05) is 6.92 Å². The summed E-state index contributed by atoms with van der Waals surface area (Å²) in [5.74, 6) is 0. The number of nitrogens with one attached hydrogen (secondary N) is 1. The summed E-state index contributed by atoms with van der Waals surface area (Å²) in [6, 6.07) is 1.08. The Bertz CT molecular complexity index is 377. The maximum Gasteiger partial charge on any atom is 0.435 e. The minimum atomic E-state index is -4.37. The fourth-order valence-electron chi connectivity index (χ4n) is 1.69. The van der Waals surface area contributed by atoms with Crippen molar-refractivity contribution in [2.45, 2.75) is 46.5 Å². The van der Waals surface area contributed by atoms with Crippen molar-refractivity contribution in [1.29, 1.82) is 0 Å². The van der Waals surface area contributed by atoms with E-state index < -0.39 is 11.9 Å². The second-order valence-corrected chi connectivity index (χ2v) is 5.40. The van der Waals surface area contributed by atoms with Crippen LogP contribution in [0.15, 0.2) is 12.3 Å². The molecule has 18 heavy (non-hydrogen) atoms. The predicted molar refractivity (Wildman–Crippen MR) is 64.1 cm³/mol. The normalized spacial score (nSPS) is 14.8. The van der Waals surface area contributed by atoms with Gasteiger partial charge in [-0.1, -0.05) is 27.7 Å². The van der Waals surface area contributed by atoms with E-state index in [9.17, 15) is 13.2 Å². The van der Waals surface area contributed by atoms with Crippen LogP contribution >= 0.6 is 0 Å². The van der Waals surface area contributed by atoms with Crippen LogP contribution in [0.3, 0.4) is 0 Å². The zero-order valence-corrected chi connectivity index (χ0v) is 11.2. The second kappa shape index (κ2) is 5.30. The van der Waals surface area contributed by atoms with Gasteiger partial charge < -0.3 is 5.32 Å². The SMILES string of the molecule is CCNC(Cn1ccc(C(F)(F)F)n1)C(C)(C)C. The van der Waals surface area contributed by atoms with Gasteiger partial charge in [0, 0.05) is 12.2 Å². The topological polar surface area (TPSA) is 29.9 Å². The van der Waals surface area contributed by atoms with Crippen molar-refractivity contribution in [3.05, 3.63) is 18.0 Å². The minimum absolute atomic E-state index is 0.0413. The summed E-state index contributed by atoms with van der Waals surface area (Å²) in [5.41, 5.74) is -0.882. The molecular formula is C12H20F3N3. The molecule has 0 aromatic carbocycles. The van der Waals surface area contributed by atoms with Crippen LogP contribution in [0.1, 0.15) is 33.4 Å². The third-order valence-corrected chi connectivity index (χ3v) is 2.80. The lowest BCUT2D eigenvalue weighted by molar-refractivity contribution is -0.141. The summed E-state index contributed by atoms with van der Waals surface area (Å²) < 4.78 is 38.6. The van der Waals surface area contributed by atoms with E-state index in [0.717, 1.165) is 12.6 Å². The molecule has 0 saturated heterocycles. The summed E-state index contributed by atoms with van der Waals surface area (Å²) in [4.78, 5) is 0. The number of halogens is 3. The summed E-state index contributed by atoms with van der Waals surface area (Å²) in [5, 5.41) is 6.85. The van der Waals surface area contributed by atoms with E-state index in [0.29, 0.717) is 6.54 Å². The summed E-state index contributed by atoms with van der Waals surface area (Å²) in [6.07, 6.45) is -3.00. The van der Waals surface area contributed by atoms with Gasteiger partial charge in [0.15, 0.2) is 5.69 Å². The molecule has 3 nitrogen and oxygen atoms in total. The molecule has 0 bridgehead atoms. The molecule has 1 aromatic rings. The molecule has 1 aromatic heterocycles. The van der Waals surface area contributed by atoms with E-state index in [1.165, 1.54) is 10.9 Å². The number of alkyl halides is 3. The first-order chi connectivity index (χ1) is 8.14. The van der Waals surface area contributed by atoms with Crippen molar-refractivity contribution in [2.75, 3.05) is 6.54 Å². The minimum Gasteiger partial charge on any atom is -0.312 e. The Morgan fingerprint density at radius 1 is 1.33 bits per heavy atom. The molecule has 0 aliphatic carbocycles. The van der Waals surface area contributed by atoms with Crippen LogP contribution < -0.4 is 5.32 Å². The fraction of sp³-hybridized carbons (Fsp3) is 0.750. The fourth-order valence-corrected chi connectivity index (χ4v) is 1.69. The summed E-state index contributed by atoms with van der Waals surface area (Å²) >= 11 is 0. The standard InChI is InChI=1S/C12H20F3N3/c1-5-16-10(11(2,3)4)8-18-7-6-9(17-18)12(13,14)15/h6-7,10,16H,5,8H2,1-4H3. The quantitative estimate of drug-likeness (QED) is 0.905. The van der Waals surface area contributed by atoms with E-state index in [2.05, 4.69) is 31.2 Å². The first kappa shape index (κ1) is 15.0. The van der Waals surface area contributed by atoms with Gasteiger partial charge in [0.05, 0.1) is 6.54 Å². The number of nitrogens with zero attached hydrogens (tertiary/aromatic N) is 2. The number of hydrogen-bond acceptors (Lipinski definition) is 2. The second-order valence-electron chi connectivity index (χ2n) is 5.40. The van der Waals surface area contributed by atoms with Gasteiger partial charge in [-0.25, -0.2) is 0 Å². The number of aromatic nitrogens is 2. The highest BCUT2D eigenvalue weighted by atomic mass is 19.4. The molecule has 0 spiro atoms. The molecule has 1 atom stereocenters. The lowest BCUT2D eigenvalue weighted by atomic mass is 9.86. The van der Waals surface area contributed by atoms with Crippen LogP contribution in [0.2, 0.25) is 0 Å². The van der Waals surface area contributed by atoms with Crippen LogP contribution in [0, 0.1) is 5.41 Å². The predicted octanol–water partition coefficient (Wildman–Crippen LogP) is 2.93. The van der Waals surface area contributed by atoms with Gasteiger partial charge in [-0.2, -0.15) is 18.3 Å². The van der Waals surface area contributed by atoms with Gasteiger partial charge >= 0.3 is 6.18 Å². The average Bonchev–Trinajstić information content (AvgIpc) is 2.63. The van der Waals surface area contributed by atoms with Crippen LogP contribution in [0.25, 0.3) is 0 Å². The van der Waals surface area contributed by atoms with Gasteiger partial charge in [0.1, 0.15) is 0 Å². The molecule has 1 unspecified atom stereocenters. The largest absolute Gasteiger partial charge is 0.435 e. The van der Waals surface area contributed by atoms with Crippen molar-refractivity contribution >= 4 is 0 Å². The highest BCUT2D eigenvalue weighted by molar-refractivity contribution is 5.03. The molecule has 0 amide bonds. The average molecular weight is 263 g/mol. The zero-order chi connectivity index (χ0) is 14.0. The lowest BCUT2D eigenvalue weighted by Gasteiger charge is -2.31. The van der Waals surface area contributed by atoms with Crippen molar-refractivity contribution in [2.24, 2.45) is 5.41 Å². The number of rotatable bonds is 4. The summed E-state index contributed by atoms with van der Waals surface area (Å²) in [7, 11) is 0. The van der Waals surface area contributed by atoms with E-state index >= 15 is 0 Å². The highest BCUT2D eigenvalue weighted by Gasteiger charge is 2.34. The van der Waals surface area contributed by atoms with Crippen molar-refractivity contribution in [1.82, 2.24) is 15.1 Å². The maximum atomic E-state index is 12.4. The molecule has 0 fully saturated rings.